The van der Waals surface area contributed by atoms with Crippen molar-refractivity contribution >= 4 is 22.0 Å². The van der Waals surface area contributed by atoms with Crippen molar-refractivity contribution in [2.45, 2.75) is 17.7 Å². The van der Waals surface area contributed by atoms with Gasteiger partial charge in [-0.3, -0.25) is 0 Å². The molecule has 58 valence electrons. The zero-order valence-corrected chi connectivity index (χ0v) is 7.17. The molecule has 1 N–H and O–H groups in total. The van der Waals surface area contributed by atoms with Gasteiger partial charge in [-0.1, -0.05) is 15.9 Å². The predicted molar refractivity (Wildman–Crippen MR) is 41.5 cm³/mol. The van der Waals surface area contributed by atoms with Crippen LogP contribution in [0.15, 0.2) is 0 Å². The molecule has 3 nitrogen and oxygen atoms in total. The summed E-state index contributed by atoms with van der Waals surface area (Å²) in [7, 11) is 0. The fourth-order valence-corrected chi connectivity index (χ4v) is 1.45. The van der Waals surface area contributed by atoms with Crippen molar-refractivity contribution in [2.24, 2.45) is 0 Å². The molecule has 1 aliphatic rings. The van der Waals surface area contributed by atoms with E-state index < -0.39 is 6.09 Å². The molecule has 1 aliphatic heterocycles. The topological polar surface area (TPSA) is 40.5 Å². The largest absolute Gasteiger partial charge is 0.465 e. The number of hydrogen-bond donors (Lipinski definition) is 1. The first-order valence-corrected chi connectivity index (χ1v) is 4.23. The Morgan fingerprint density at radius 3 is 2.40 bits per heavy atom. The van der Waals surface area contributed by atoms with Crippen LogP contribution in [-0.2, 0) is 0 Å². The first-order chi connectivity index (χ1) is 4.70. The van der Waals surface area contributed by atoms with Gasteiger partial charge in [0, 0.05) is 17.9 Å². The Morgan fingerprint density at radius 2 is 2.00 bits per heavy atom. The van der Waals surface area contributed by atoms with E-state index in [0.29, 0.717) is 17.9 Å². The van der Waals surface area contributed by atoms with Crippen molar-refractivity contribution in [3.05, 3.63) is 0 Å². The Hall–Kier alpha value is -0.250. The minimum Gasteiger partial charge on any atom is -0.465 e. The predicted octanol–water partition coefficient (Wildman–Crippen LogP) is 1.52. The molecule has 1 heterocycles. The van der Waals surface area contributed by atoms with Crippen LogP contribution in [0, 0.1) is 0 Å². The highest BCUT2D eigenvalue weighted by Crippen LogP contribution is 2.16. The third-order valence-corrected chi connectivity index (χ3v) is 2.61. The van der Waals surface area contributed by atoms with E-state index in [-0.39, 0.29) is 0 Å². The van der Waals surface area contributed by atoms with Crippen LogP contribution in [0.4, 0.5) is 4.79 Å². The minimum absolute atomic E-state index is 0.517. The van der Waals surface area contributed by atoms with Gasteiger partial charge in [-0.05, 0) is 12.8 Å². The molecule has 1 saturated heterocycles. The van der Waals surface area contributed by atoms with E-state index in [1.54, 1.807) is 0 Å². The number of piperidine rings is 1. The van der Waals surface area contributed by atoms with Crippen molar-refractivity contribution in [3.8, 4) is 0 Å². The Labute approximate surface area is 68.1 Å². The van der Waals surface area contributed by atoms with E-state index in [0.717, 1.165) is 12.8 Å². The first kappa shape index (κ1) is 7.85. The van der Waals surface area contributed by atoms with Gasteiger partial charge in [-0.2, -0.15) is 0 Å². The van der Waals surface area contributed by atoms with Gasteiger partial charge >= 0.3 is 6.09 Å². The van der Waals surface area contributed by atoms with Crippen LogP contribution in [0.2, 0.25) is 0 Å². The van der Waals surface area contributed by atoms with Gasteiger partial charge in [0.1, 0.15) is 0 Å². The highest BCUT2D eigenvalue weighted by Gasteiger charge is 2.19. The van der Waals surface area contributed by atoms with Crippen molar-refractivity contribution in [1.82, 2.24) is 4.90 Å². The molecule has 0 bridgehead atoms. The molecule has 1 amide bonds. The third kappa shape index (κ3) is 1.87. The summed E-state index contributed by atoms with van der Waals surface area (Å²) in [4.78, 5) is 12.3. The Morgan fingerprint density at radius 1 is 1.50 bits per heavy atom. The molecule has 1 rings (SSSR count). The standard InChI is InChI=1S/C6H10BrNO2/c7-5-1-3-8(4-2-5)6(9)10/h5H,1-4H2,(H,9,10). The monoisotopic (exact) mass is 207 g/mol. The number of amides is 1. The summed E-state index contributed by atoms with van der Waals surface area (Å²) < 4.78 is 0. The molecule has 0 aromatic heterocycles. The summed E-state index contributed by atoms with van der Waals surface area (Å²) >= 11 is 3.45. The van der Waals surface area contributed by atoms with E-state index in [4.69, 9.17) is 5.11 Å². The molecular formula is C6H10BrNO2. The fraction of sp³-hybridized carbons (Fsp3) is 0.833. The van der Waals surface area contributed by atoms with Crippen molar-refractivity contribution in [3.63, 3.8) is 0 Å². The Bertz CT molecular complexity index is 132. The number of carboxylic acid groups (broad SMARTS) is 1. The molecule has 0 aliphatic carbocycles. The summed E-state index contributed by atoms with van der Waals surface area (Å²) in [5.74, 6) is 0. The average Bonchev–Trinajstić information content (AvgIpc) is 1.88. The van der Waals surface area contributed by atoms with Crippen LogP contribution in [0.5, 0.6) is 0 Å². The lowest BCUT2D eigenvalue weighted by Crippen LogP contribution is -2.37. The molecule has 0 atom stereocenters. The van der Waals surface area contributed by atoms with Gasteiger partial charge in [-0.25, -0.2) is 4.79 Å². The van der Waals surface area contributed by atoms with E-state index in [1.165, 1.54) is 4.90 Å². The van der Waals surface area contributed by atoms with Gasteiger partial charge in [-0.15, -0.1) is 0 Å². The third-order valence-electron chi connectivity index (χ3n) is 1.70. The Kier molecular flexibility index (Phi) is 2.54. The molecule has 4 heteroatoms. The molecule has 0 aromatic rings. The summed E-state index contributed by atoms with van der Waals surface area (Å²) in [6.07, 6.45) is 1.08. The van der Waals surface area contributed by atoms with Gasteiger partial charge in [0.15, 0.2) is 0 Å². The molecule has 10 heavy (non-hydrogen) atoms. The van der Waals surface area contributed by atoms with E-state index in [1.807, 2.05) is 0 Å². The molecule has 0 aromatic carbocycles. The maximum Gasteiger partial charge on any atom is 0.407 e. The van der Waals surface area contributed by atoms with Gasteiger partial charge in [0.2, 0.25) is 0 Å². The first-order valence-electron chi connectivity index (χ1n) is 3.32. The van der Waals surface area contributed by atoms with Crippen LogP contribution in [0.3, 0.4) is 0 Å². The maximum atomic E-state index is 10.4. The van der Waals surface area contributed by atoms with Crippen LogP contribution < -0.4 is 0 Å². The van der Waals surface area contributed by atoms with Gasteiger partial charge in [0.05, 0.1) is 0 Å². The molecule has 0 spiro atoms. The number of alkyl halides is 1. The van der Waals surface area contributed by atoms with E-state index in [9.17, 15) is 4.79 Å². The van der Waals surface area contributed by atoms with E-state index >= 15 is 0 Å². The van der Waals surface area contributed by atoms with E-state index in [2.05, 4.69) is 15.9 Å². The number of likely N-dealkylation sites (tertiary alicyclic amines) is 1. The van der Waals surface area contributed by atoms with Crippen LogP contribution >= 0.6 is 15.9 Å². The minimum atomic E-state index is -0.792. The molecule has 0 radical (unpaired) electrons. The van der Waals surface area contributed by atoms with Crippen molar-refractivity contribution in [2.75, 3.05) is 13.1 Å². The highest BCUT2D eigenvalue weighted by atomic mass is 79.9. The van der Waals surface area contributed by atoms with Crippen LogP contribution in [0.25, 0.3) is 0 Å². The van der Waals surface area contributed by atoms with Crippen molar-refractivity contribution in [1.29, 1.82) is 0 Å². The zero-order chi connectivity index (χ0) is 7.56. The second-order valence-corrected chi connectivity index (χ2v) is 3.74. The van der Waals surface area contributed by atoms with Crippen LogP contribution in [0.1, 0.15) is 12.8 Å². The normalized spacial score (nSPS) is 21.1. The molecule has 0 unspecified atom stereocenters. The number of halogens is 1. The Balaban J connectivity index is 2.33. The second kappa shape index (κ2) is 3.23. The molecule has 1 fully saturated rings. The quantitative estimate of drug-likeness (QED) is 0.613. The van der Waals surface area contributed by atoms with Gasteiger partial charge < -0.3 is 10.0 Å². The van der Waals surface area contributed by atoms with Crippen LogP contribution in [-0.4, -0.2) is 34.0 Å². The number of nitrogens with zero attached hydrogens (tertiary/aromatic N) is 1. The average molecular weight is 208 g/mol. The lowest BCUT2D eigenvalue weighted by molar-refractivity contribution is 0.137. The lowest BCUT2D eigenvalue weighted by Gasteiger charge is -2.26. The highest BCUT2D eigenvalue weighted by molar-refractivity contribution is 9.09. The number of rotatable bonds is 0. The summed E-state index contributed by atoms with van der Waals surface area (Å²) in [6, 6.07) is 0. The zero-order valence-electron chi connectivity index (χ0n) is 5.59. The smallest absolute Gasteiger partial charge is 0.407 e. The lowest BCUT2D eigenvalue weighted by atomic mass is 10.1. The summed E-state index contributed by atoms with van der Waals surface area (Å²) in [5, 5.41) is 8.54. The maximum absolute atomic E-state index is 10.4. The summed E-state index contributed by atoms with van der Waals surface area (Å²) in [5.41, 5.74) is 0. The molecular weight excluding hydrogens is 198 g/mol. The SMILES string of the molecule is O=C(O)N1CCC(Br)CC1. The second-order valence-electron chi connectivity index (χ2n) is 2.44. The van der Waals surface area contributed by atoms with Gasteiger partial charge in [0.25, 0.3) is 0 Å². The summed E-state index contributed by atoms with van der Waals surface area (Å²) in [6.45, 7) is 1.34. The van der Waals surface area contributed by atoms with Crippen molar-refractivity contribution < 1.29 is 9.90 Å². The number of carbonyl (C=O) groups is 1. The molecule has 0 saturated carbocycles. The fourth-order valence-electron chi connectivity index (χ4n) is 1.04. The number of hydrogen-bond acceptors (Lipinski definition) is 1.